The van der Waals surface area contributed by atoms with Crippen molar-refractivity contribution >= 4 is 27.7 Å². The molecule has 0 spiro atoms. The summed E-state index contributed by atoms with van der Waals surface area (Å²) in [4.78, 5) is 5.46. The number of thioether (sulfide) groups is 1. The minimum atomic E-state index is 0.456. The summed E-state index contributed by atoms with van der Waals surface area (Å²) in [6.07, 6.45) is 4.76. The van der Waals surface area contributed by atoms with Crippen molar-refractivity contribution < 1.29 is 0 Å². The largest absolute Gasteiger partial charge is 0.316 e. The molecule has 0 bridgehead atoms. The van der Waals surface area contributed by atoms with Crippen molar-refractivity contribution in [2.75, 3.05) is 12.8 Å². The van der Waals surface area contributed by atoms with Crippen LogP contribution in [0.5, 0.6) is 0 Å². The Bertz CT molecular complexity index is 487. The van der Waals surface area contributed by atoms with E-state index in [1.54, 1.807) is 0 Å². The van der Waals surface area contributed by atoms with Gasteiger partial charge in [-0.25, -0.2) is 0 Å². The third-order valence-corrected chi connectivity index (χ3v) is 4.58. The minimum absolute atomic E-state index is 0.456. The maximum atomic E-state index is 4.16. The molecule has 1 N–H and O–H groups in total. The lowest BCUT2D eigenvalue weighted by Crippen LogP contribution is -2.30. The van der Waals surface area contributed by atoms with Gasteiger partial charge in [0.2, 0.25) is 0 Å². The normalized spacial score (nSPS) is 12.3. The quantitative estimate of drug-likeness (QED) is 0.813. The van der Waals surface area contributed by atoms with Gasteiger partial charge in [-0.2, -0.15) is 0 Å². The van der Waals surface area contributed by atoms with Crippen LogP contribution >= 0.6 is 27.7 Å². The van der Waals surface area contributed by atoms with Crippen molar-refractivity contribution in [2.45, 2.75) is 17.4 Å². The summed E-state index contributed by atoms with van der Waals surface area (Å²) in [5.41, 5.74) is 1.28. The van der Waals surface area contributed by atoms with Crippen LogP contribution in [0.2, 0.25) is 0 Å². The molecule has 0 radical (unpaired) electrons. The number of likely N-dealkylation sites (N-methyl/N-ethyl adjacent to an activating group) is 1. The molecule has 100 valence electrons. The molecule has 0 amide bonds. The molecule has 4 heteroatoms. The fraction of sp³-hybridized carbons (Fsp3) is 0.267. The smallest absolute Gasteiger partial charge is 0.0300 e. The summed E-state index contributed by atoms with van der Waals surface area (Å²) in [5.74, 6) is 1.05. The lowest BCUT2D eigenvalue weighted by atomic mass is 10.1. The first-order valence-electron chi connectivity index (χ1n) is 6.22. The number of hydrogen-bond donors (Lipinski definition) is 1. The second-order valence-corrected chi connectivity index (χ2v) is 6.33. The summed E-state index contributed by atoms with van der Waals surface area (Å²) >= 11 is 5.33. The van der Waals surface area contributed by atoms with E-state index < -0.39 is 0 Å². The summed E-state index contributed by atoms with van der Waals surface area (Å²) in [5, 5.41) is 3.37. The molecule has 0 saturated carbocycles. The number of aromatic nitrogens is 1. The van der Waals surface area contributed by atoms with E-state index in [1.165, 1.54) is 10.5 Å². The molecule has 1 heterocycles. The van der Waals surface area contributed by atoms with E-state index in [0.29, 0.717) is 6.04 Å². The molecule has 0 fully saturated rings. The molecule has 2 aromatic rings. The number of pyridine rings is 1. The van der Waals surface area contributed by atoms with Gasteiger partial charge in [-0.3, -0.25) is 4.98 Å². The number of nitrogens with one attached hydrogen (secondary N) is 1. The molecule has 1 atom stereocenters. The Balaban J connectivity index is 1.87. The van der Waals surface area contributed by atoms with E-state index in [-0.39, 0.29) is 0 Å². The molecule has 0 aliphatic heterocycles. The minimum Gasteiger partial charge on any atom is -0.316 e. The third-order valence-electron chi connectivity index (χ3n) is 2.88. The third kappa shape index (κ3) is 4.97. The van der Waals surface area contributed by atoms with Crippen molar-refractivity contribution in [2.24, 2.45) is 0 Å². The molecule has 2 rings (SSSR count). The van der Waals surface area contributed by atoms with E-state index in [4.69, 9.17) is 0 Å². The standard InChI is InChI=1S/C15H17BrN2S/c1-17-14(9-12-3-2-8-18-10-12)11-19-15-6-4-13(16)5-7-15/h2-8,10,14,17H,9,11H2,1H3. The fourth-order valence-corrected chi connectivity index (χ4v) is 3.05. The summed E-state index contributed by atoms with van der Waals surface area (Å²) in [6.45, 7) is 0. The van der Waals surface area contributed by atoms with E-state index in [0.717, 1.165) is 16.6 Å². The van der Waals surface area contributed by atoms with Crippen molar-refractivity contribution in [3.8, 4) is 0 Å². The molecule has 0 saturated heterocycles. The van der Waals surface area contributed by atoms with Gasteiger partial charge in [0.25, 0.3) is 0 Å². The topological polar surface area (TPSA) is 24.9 Å². The molecule has 0 aliphatic rings. The predicted molar refractivity (Wildman–Crippen MR) is 85.7 cm³/mol. The van der Waals surface area contributed by atoms with Crippen LogP contribution in [0.1, 0.15) is 5.56 Å². The van der Waals surface area contributed by atoms with Crippen molar-refractivity contribution in [3.63, 3.8) is 0 Å². The van der Waals surface area contributed by atoms with Crippen molar-refractivity contribution in [1.29, 1.82) is 0 Å². The number of rotatable bonds is 6. The molecular formula is C15H17BrN2S. The van der Waals surface area contributed by atoms with Crippen LogP contribution in [0.4, 0.5) is 0 Å². The van der Waals surface area contributed by atoms with Gasteiger partial charge in [0.15, 0.2) is 0 Å². The molecule has 1 unspecified atom stereocenters. The zero-order valence-corrected chi connectivity index (χ0v) is 13.2. The molecule has 2 nitrogen and oxygen atoms in total. The van der Waals surface area contributed by atoms with Crippen LogP contribution in [0, 0.1) is 0 Å². The average molecular weight is 337 g/mol. The number of benzene rings is 1. The highest BCUT2D eigenvalue weighted by Crippen LogP contribution is 2.21. The first-order chi connectivity index (χ1) is 9.28. The Kier molecular flexibility index (Phi) is 5.89. The van der Waals surface area contributed by atoms with E-state index >= 15 is 0 Å². The molecule has 1 aromatic heterocycles. The van der Waals surface area contributed by atoms with Crippen molar-refractivity contribution in [3.05, 3.63) is 58.8 Å². The first kappa shape index (κ1) is 14.6. The summed E-state index contributed by atoms with van der Waals surface area (Å²) in [7, 11) is 2.02. The van der Waals surface area contributed by atoms with Crippen LogP contribution in [0.25, 0.3) is 0 Å². The molecule has 19 heavy (non-hydrogen) atoms. The SMILES string of the molecule is CNC(CSc1ccc(Br)cc1)Cc1cccnc1. The zero-order chi connectivity index (χ0) is 13.5. The maximum Gasteiger partial charge on any atom is 0.0300 e. The van der Waals surface area contributed by atoms with Crippen molar-refractivity contribution in [1.82, 2.24) is 10.3 Å². The maximum absolute atomic E-state index is 4.16. The number of nitrogens with zero attached hydrogens (tertiary/aromatic N) is 1. The van der Waals surface area contributed by atoms with Crippen LogP contribution < -0.4 is 5.32 Å². The van der Waals surface area contributed by atoms with E-state index in [2.05, 4.69) is 56.6 Å². The Morgan fingerprint density at radius 1 is 1.26 bits per heavy atom. The molecular weight excluding hydrogens is 320 g/mol. The van der Waals surface area contributed by atoms with Gasteiger partial charge in [0.05, 0.1) is 0 Å². The van der Waals surface area contributed by atoms with Gasteiger partial charge >= 0.3 is 0 Å². The Hall–Kier alpha value is -0.840. The van der Waals surface area contributed by atoms with Gasteiger partial charge in [-0.1, -0.05) is 22.0 Å². The van der Waals surface area contributed by atoms with Gasteiger partial charge < -0.3 is 5.32 Å². The summed E-state index contributed by atoms with van der Waals surface area (Å²) < 4.78 is 1.12. The highest BCUT2D eigenvalue weighted by Gasteiger charge is 2.08. The van der Waals surface area contributed by atoms with Gasteiger partial charge in [-0.15, -0.1) is 11.8 Å². The Morgan fingerprint density at radius 3 is 2.68 bits per heavy atom. The fourth-order valence-electron chi connectivity index (χ4n) is 1.78. The lowest BCUT2D eigenvalue weighted by Gasteiger charge is -2.15. The van der Waals surface area contributed by atoms with Crippen LogP contribution in [-0.4, -0.2) is 23.8 Å². The molecule has 1 aromatic carbocycles. The first-order valence-corrected chi connectivity index (χ1v) is 8.00. The van der Waals surface area contributed by atoms with Gasteiger partial charge in [0, 0.05) is 33.6 Å². The monoisotopic (exact) mass is 336 g/mol. The molecule has 0 aliphatic carbocycles. The van der Waals surface area contributed by atoms with Crippen LogP contribution in [0.3, 0.4) is 0 Å². The van der Waals surface area contributed by atoms with E-state index in [9.17, 15) is 0 Å². The lowest BCUT2D eigenvalue weighted by molar-refractivity contribution is 0.616. The highest BCUT2D eigenvalue weighted by atomic mass is 79.9. The van der Waals surface area contributed by atoms with Gasteiger partial charge in [0.1, 0.15) is 0 Å². The average Bonchev–Trinajstić information content (AvgIpc) is 2.46. The number of hydrogen-bond acceptors (Lipinski definition) is 3. The Labute approximate surface area is 127 Å². The highest BCUT2D eigenvalue weighted by molar-refractivity contribution is 9.10. The van der Waals surface area contributed by atoms with E-state index in [1.807, 2.05) is 37.3 Å². The van der Waals surface area contributed by atoms with Crippen LogP contribution in [0.15, 0.2) is 58.2 Å². The Morgan fingerprint density at radius 2 is 2.05 bits per heavy atom. The predicted octanol–water partition coefficient (Wildman–Crippen LogP) is 3.77. The zero-order valence-electron chi connectivity index (χ0n) is 10.8. The summed E-state index contributed by atoms with van der Waals surface area (Å²) in [6, 6.07) is 13.0. The number of halogens is 1. The second-order valence-electron chi connectivity index (χ2n) is 4.32. The van der Waals surface area contributed by atoms with Gasteiger partial charge in [-0.05, 0) is 49.4 Å². The second kappa shape index (κ2) is 7.68. The van der Waals surface area contributed by atoms with Crippen LogP contribution in [-0.2, 0) is 6.42 Å².